The fourth-order valence-corrected chi connectivity index (χ4v) is 1.66. The molecule has 0 aliphatic heterocycles. The van der Waals surface area contributed by atoms with Crippen LogP contribution in [0.5, 0.6) is 0 Å². The summed E-state index contributed by atoms with van der Waals surface area (Å²) in [4.78, 5) is 4.10. The number of rotatable bonds is 2. The van der Waals surface area contributed by atoms with E-state index >= 15 is 0 Å². The summed E-state index contributed by atoms with van der Waals surface area (Å²) in [5, 5.41) is 10.1. The zero-order chi connectivity index (χ0) is 12.4. The summed E-state index contributed by atoms with van der Waals surface area (Å²) in [7, 11) is 0. The van der Waals surface area contributed by atoms with E-state index in [2.05, 4.69) is 4.98 Å². The summed E-state index contributed by atoms with van der Waals surface area (Å²) in [5.74, 6) is -0.311. The Labute approximate surface area is 99.8 Å². The van der Waals surface area contributed by atoms with E-state index in [9.17, 15) is 9.50 Å². The van der Waals surface area contributed by atoms with Crippen molar-refractivity contribution in [3.8, 4) is 0 Å². The molecule has 0 radical (unpaired) electrons. The van der Waals surface area contributed by atoms with Crippen molar-refractivity contribution in [2.45, 2.75) is 20.0 Å². The highest BCUT2D eigenvalue weighted by atomic mass is 19.1. The topological polar surface area (TPSA) is 33.1 Å². The van der Waals surface area contributed by atoms with Gasteiger partial charge in [0.15, 0.2) is 0 Å². The van der Waals surface area contributed by atoms with E-state index in [0.29, 0.717) is 16.8 Å². The Balaban J connectivity index is 2.36. The monoisotopic (exact) mass is 231 g/mol. The van der Waals surface area contributed by atoms with E-state index in [-0.39, 0.29) is 5.82 Å². The second-order valence-electron chi connectivity index (χ2n) is 4.17. The lowest BCUT2D eigenvalue weighted by Crippen LogP contribution is -2.03. The van der Waals surface area contributed by atoms with Crippen molar-refractivity contribution in [2.24, 2.45) is 0 Å². The summed E-state index contributed by atoms with van der Waals surface area (Å²) >= 11 is 0. The Morgan fingerprint density at radius 3 is 2.59 bits per heavy atom. The summed E-state index contributed by atoms with van der Waals surface area (Å²) in [6, 6.07) is 8.37. The van der Waals surface area contributed by atoms with Gasteiger partial charge in [0.1, 0.15) is 11.9 Å². The Bertz CT molecular complexity index is 539. The zero-order valence-corrected chi connectivity index (χ0v) is 9.81. The maximum Gasteiger partial charge on any atom is 0.126 e. The zero-order valence-electron chi connectivity index (χ0n) is 9.81. The van der Waals surface area contributed by atoms with Gasteiger partial charge in [0.05, 0.1) is 5.69 Å². The van der Waals surface area contributed by atoms with Crippen LogP contribution >= 0.6 is 0 Å². The highest BCUT2D eigenvalue weighted by Gasteiger charge is 2.13. The molecule has 1 N–H and O–H groups in total. The van der Waals surface area contributed by atoms with Crippen molar-refractivity contribution >= 4 is 0 Å². The molecule has 1 heterocycles. The van der Waals surface area contributed by atoms with Gasteiger partial charge in [-0.1, -0.05) is 12.1 Å². The quantitative estimate of drug-likeness (QED) is 0.862. The van der Waals surface area contributed by atoms with Crippen LogP contribution in [0, 0.1) is 19.7 Å². The average molecular weight is 231 g/mol. The van der Waals surface area contributed by atoms with Crippen molar-refractivity contribution in [1.29, 1.82) is 0 Å². The Morgan fingerprint density at radius 2 is 1.94 bits per heavy atom. The van der Waals surface area contributed by atoms with Crippen LogP contribution in [0.4, 0.5) is 4.39 Å². The van der Waals surface area contributed by atoms with E-state index in [1.807, 2.05) is 13.0 Å². The molecular weight excluding hydrogens is 217 g/mol. The third kappa shape index (κ3) is 2.50. The Kier molecular flexibility index (Phi) is 3.20. The van der Waals surface area contributed by atoms with Crippen LogP contribution in [-0.2, 0) is 0 Å². The van der Waals surface area contributed by atoms with Crippen LogP contribution in [0.3, 0.4) is 0 Å². The minimum absolute atomic E-state index is 0.311. The fourth-order valence-electron chi connectivity index (χ4n) is 1.66. The van der Waals surface area contributed by atoms with Crippen molar-refractivity contribution in [1.82, 2.24) is 4.98 Å². The molecule has 0 saturated carbocycles. The Hall–Kier alpha value is -1.74. The number of hydrogen-bond donors (Lipinski definition) is 1. The fraction of sp³-hybridized carbons (Fsp3) is 0.214. The molecule has 2 rings (SSSR count). The normalized spacial score (nSPS) is 12.5. The smallest absolute Gasteiger partial charge is 0.126 e. The van der Waals surface area contributed by atoms with Gasteiger partial charge in [-0.2, -0.15) is 0 Å². The first kappa shape index (κ1) is 11.7. The molecule has 1 aromatic heterocycles. The highest BCUT2D eigenvalue weighted by molar-refractivity contribution is 5.30. The predicted molar refractivity (Wildman–Crippen MR) is 64.2 cm³/mol. The second-order valence-corrected chi connectivity index (χ2v) is 4.17. The molecule has 0 amide bonds. The SMILES string of the molecule is Cc1ccnc(C(O)c2ccc(C)c(F)c2)c1. The van der Waals surface area contributed by atoms with Gasteiger partial charge in [-0.15, -0.1) is 0 Å². The van der Waals surface area contributed by atoms with Crippen LogP contribution < -0.4 is 0 Å². The predicted octanol–water partition coefficient (Wildman–Crippen LogP) is 2.92. The number of halogens is 1. The van der Waals surface area contributed by atoms with Crippen LogP contribution in [0.2, 0.25) is 0 Å². The molecule has 3 heteroatoms. The third-order valence-electron chi connectivity index (χ3n) is 2.73. The van der Waals surface area contributed by atoms with Gasteiger partial charge < -0.3 is 5.11 Å². The summed E-state index contributed by atoms with van der Waals surface area (Å²) in [5.41, 5.74) is 2.64. The molecule has 17 heavy (non-hydrogen) atoms. The molecule has 0 spiro atoms. The molecule has 0 bridgehead atoms. The number of aryl methyl sites for hydroxylation is 2. The molecule has 88 valence electrons. The van der Waals surface area contributed by atoms with Crippen LogP contribution in [0.15, 0.2) is 36.5 Å². The largest absolute Gasteiger partial charge is 0.382 e. The van der Waals surface area contributed by atoms with Gasteiger partial charge in [0.2, 0.25) is 0 Å². The number of aliphatic hydroxyl groups is 1. The van der Waals surface area contributed by atoms with E-state index in [0.717, 1.165) is 5.56 Å². The first-order valence-corrected chi connectivity index (χ1v) is 5.44. The minimum atomic E-state index is -0.884. The summed E-state index contributed by atoms with van der Waals surface area (Å²) in [6.45, 7) is 3.62. The van der Waals surface area contributed by atoms with Gasteiger partial charge in [0.25, 0.3) is 0 Å². The molecule has 0 aliphatic carbocycles. The standard InChI is InChI=1S/C14H14FNO/c1-9-5-6-16-13(7-9)14(17)11-4-3-10(2)12(15)8-11/h3-8,14,17H,1-2H3. The number of hydrogen-bond acceptors (Lipinski definition) is 2. The van der Waals surface area contributed by atoms with E-state index in [1.54, 1.807) is 31.3 Å². The van der Waals surface area contributed by atoms with Crippen LogP contribution in [-0.4, -0.2) is 10.1 Å². The van der Waals surface area contributed by atoms with Crippen LogP contribution in [0.1, 0.15) is 28.5 Å². The number of pyridine rings is 1. The summed E-state index contributed by atoms with van der Waals surface area (Å²) < 4.78 is 13.4. The first-order chi connectivity index (χ1) is 8.08. The third-order valence-corrected chi connectivity index (χ3v) is 2.73. The molecule has 2 aromatic rings. The lowest BCUT2D eigenvalue weighted by atomic mass is 10.0. The Morgan fingerprint density at radius 1 is 1.18 bits per heavy atom. The van der Waals surface area contributed by atoms with Crippen molar-refractivity contribution < 1.29 is 9.50 Å². The maximum absolute atomic E-state index is 13.4. The lowest BCUT2D eigenvalue weighted by Gasteiger charge is -2.11. The lowest BCUT2D eigenvalue weighted by molar-refractivity contribution is 0.214. The second kappa shape index (κ2) is 4.63. The van der Waals surface area contributed by atoms with Gasteiger partial charge in [-0.05, 0) is 48.7 Å². The number of nitrogens with zero attached hydrogens (tertiary/aromatic N) is 1. The molecule has 0 aliphatic rings. The molecule has 1 aromatic carbocycles. The molecule has 1 atom stereocenters. The number of aliphatic hydroxyl groups excluding tert-OH is 1. The van der Waals surface area contributed by atoms with Crippen molar-refractivity contribution in [2.75, 3.05) is 0 Å². The number of benzene rings is 1. The first-order valence-electron chi connectivity index (χ1n) is 5.44. The number of aromatic nitrogens is 1. The van der Waals surface area contributed by atoms with Gasteiger partial charge in [0, 0.05) is 6.20 Å². The van der Waals surface area contributed by atoms with E-state index in [4.69, 9.17) is 0 Å². The molecule has 0 saturated heterocycles. The van der Waals surface area contributed by atoms with Gasteiger partial charge in [-0.3, -0.25) is 4.98 Å². The maximum atomic E-state index is 13.4. The van der Waals surface area contributed by atoms with Crippen molar-refractivity contribution in [3.05, 3.63) is 64.7 Å². The van der Waals surface area contributed by atoms with Crippen LogP contribution in [0.25, 0.3) is 0 Å². The van der Waals surface area contributed by atoms with E-state index in [1.165, 1.54) is 6.07 Å². The molecule has 2 nitrogen and oxygen atoms in total. The molecule has 1 unspecified atom stereocenters. The average Bonchev–Trinajstić information content (AvgIpc) is 2.32. The van der Waals surface area contributed by atoms with Gasteiger partial charge in [-0.25, -0.2) is 4.39 Å². The van der Waals surface area contributed by atoms with Gasteiger partial charge >= 0.3 is 0 Å². The summed E-state index contributed by atoms with van der Waals surface area (Å²) in [6.07, 6.45) is 0.753. The van der Waals surface area contributed by atoms with E-state index < -0.39 is 6.10 Å². The minimum Gasteiger partial charge on any atom is -0.382 e. The van der Waals surface area contributed by atoms with Crippen molar-refractivity contribution in [3.63, 3.8) is 0 Å². The molecular formula is C14H14FNO. The molecule has 0 fully saturated rings. The highest BCUT2D eigenvalue weighted by Crippen LogP contribution is 2.22.